The summed E-state index contributed by atoms with van der Waals surface area (Å²) in [6, 6.07) is 3.66. The monoisotopic (exact) mass is 370 g/mol. The Kier molecular flexibility index (Phi) is 4.27. The maximum absolute atomic E-state index is 11.3. The van der Waals surface area contributed by atoms with E-state index in [1.807, 2.05) is 12.1 Å². The minimum Gasteiger partial charge on any atom is -0.376 e. The average molecular weight is 371 g/mol. The number of hydrogen-bond donors (Lipinski definition) is 4. The van der Waals surface area contributed by atoms with E-state index in [1.165, 1.54) is 0 Å². The molecule has 1 saturated heterocycles. The zero-order chi connectivity index (χ0) is 14.8. The summed E-state index contributed by atoms with van der Waals surface area (Å²) in [5.41, 5.74) is 2.04. The van der Waals surface area contributed by atoms with E-state index in [2.05, 4.69) is 36.5 Å². The van der Waals surface area contributed by atoms with Gasteiger partial charge in [0.2, 0.25) is 0 Å². The highest BCUT2D eigenvalue weighted by Gasteiger charge is 2.15. The standard InChI is InChI=1S/C13H15BrN4O2S/c14-8-4-10-11(17-12(19)16-10)5-9(8)18-13(21)15-6-7-2-1-3-20-7/h4-5,7H,1-3,6H2,(H2,15,18,21)(H2,16,17,19)/t7-/m0/s1. The molecule has 1 atom stereocenters. The topological polar surface area (TPSA) is 81.9 Å². The summed E-state index contributed by atoms with van der Waals surface area (Å²) < 4.78 is 6.36. The number of hydrogen-bond acceptors (Lipinski definition) is 3. The largest absolute Gasteiger partial charge is 0.376 e. The molecule has 1 fully saturated rings. The van der Waals surface area contributed by atoms with Crippen molar-refractivity contribution in [3.8, 4) is 0 Å². The molecule has 0 radical (unpaired) electrons. The summed E-state index contributed by atoms with van der Waals surface area (Å²) in [6.45, 7) is 1.53. The predicted octanol–water partition coefficient (Wildman–Crippen LogP) is 2.08. The van der Waals surface area contributed by atoms with Crippen LogP contribution in [-0.2, 0) is 4.74 Å². The summed E-state index contributed by atoms with van der Waals surface area (Å²) in [5, 5.41) is 6.80. The van der Waals surface area contributed by atoms with Gasteiger partial charge in [0.25, 0.3) is 0 Å². The highest BCUT2D eigenvalue weighted by atomic mass is 79.9. The number of imidazole rings is 1. The van der Waals surface area contributed by atoms with E-state index in [9.17, 15) is 4.79 Å². The van der Waals surface area contributed by atoms with Gasteiger partial charge in [-0.15, -0.1) is 0 Å². The van der Waals surface area contributed by atoms with Crippen LogP contribution in [0.25, 0.3) is 11.0 Å². The first-order valence-corrected chi connectivity index (χ1v) is 7.90. The Balaban J connectivity index is 1.67. The molecule has 0 unspecified atom stereocenters. The first-order valence-electron chi connectivity index (χ1n) is 6.70. The van der Waals surface area contributed by atoms with E-state index in [1.54, 1.807) is 0 Å². The highest BCUT2D eigenvalue weighted by Crippen LogP contribution is 2.26. The van der Waals surface area contributed by atoms with Gasteiger partial charge in [-0.2, -0.15) is 0 Å². The molecule has 6 nitrogen and oxygen atoms in total. The second-order valence-electron chi connectivity index (χ2n) is 4.93. The number of fused-ring (bicyclic) bond motifs is 1. The van der Waals surface area contributed by atoms with Crippen LogP contribution < -0.4 is 16.3 Å². The summed E-state index contributed by atoms with van der Waals surface area (Å²) in [5.74, 6) is 0. The Labute approximate surface area is 134 Å². The molecule has 112 valence electrons. The third kappa shape index (κ3) is 3.45. The van der Waals surface area contributed by atoms with Crippen LogP contribution in [0.2, 0.25) is 0 Å². The van der Waals surface area contributed by atoms with Gasteiger partial charge in [-0.1, -0.05) is 0 Å². The predicted molar refractivity (Wildman–Crippen MR) is 89.8 cm³/mol. The van der Waals surface area contributed by atoms with Crippen LogP contribution in [0.4, 0.5) is 5.69 Å². The molecule has 1 aliphatic heterocycles. The van der Waals surface area contributed by atoms with Crippen molar-refractivity contribution in [2.75, 3.05) is 18.5 Å². The van der Waals surface area contributed by atoms with Crippen LogP contribution in [0.5, 0.6) is 0 Å². The quantitative estimate of drug-likeness (QED) is 0.622. The maximum atomic E-state index is 11.3. The van der Waals surface area contributed by atoms with Gasteiger partial charge in [-0.3, -0.25) is 0 Å². The normalized spacial score (nSPS) is 18.0. The Morgan fingerprint density at radius 2 is 2.19 bits per heavy atom. The molecule has 1 aromatic carbocycles. The van der Waals surface area contributed by atoms with E-state index in [4.69, 9.17) is 17.0 Å². The van der Waals surface area contributed by atoms with Crippen molar-refractivity contribution < 1.29 is 4.74 Å². The van der Waals surface area contributed by atoms with Gasteiger partial charge in [-0.25, -0.2) is 4.79 Å². The molecule has 0 saturated carbocycles. The molecule has 0 aliphatic carbocycles. The van der Waals surface area contributed by atoms with Gasteiger partial charge in [-0.05, 0) is 53.1 Å². The van der Waals surface area contributed by atoms with E-state index < -0.39 is 0 Å². The SMILES string of the molecule is O=c1[nH]c2cc(Br)c(NC(=S)NC[C@@H]3CCCO3)cc2[nH]1. The van der Waals surface area contributed by atoms with Crippen molar-refractivity contribution in [2.45, 2.75) is 18.9 Å². The molecule has 0 bridgehead atoms. The fourth-order valence-corrected chi connectivity index (χ4v) is 2.97. The van der Waals surface area contributed by atoms with Crippen molar-refractivity contribution in [3.05, 3.63) is 27.1 Å². The number of thiocarbonyl (C=S) groups is 1. The number of aromatic amines is 2. The lowest BCUT2D eigenvalue weighted by Crippen LogP contribution is -2.34. The van der Waals surface area contributed by atoms with Gasteiger partial charge < -0.3 is 25.3 Å². The molecule has 3 rings (SSSR count). The molecule has 1 aromatic heterocycles. The first-order chi connectivity index (χ1) is 10.1. The minimum absolute atomic E-state index is 0.229. The molecular weight excluding hydrogens is 356 g/mol. The third-order valence-corrected chi connectivity index (χ3v) is 4.27. The number of nitrogens with one attached hydrogen (secondary N) is 4. The van der Waals surface area contributed by atoms with Gasteiger partial charge in [0.1, 0.15) is 0 Å². The lowest BCUT2D eigenvalue weighted by Gasteiger charge is -2.14. The van der Waals surface area contributed by atoms with Crippen LogP contribution in [0, 0.1) is 0 Å². The zero-order valence-electron chi connectivity index (χ0n) is 11.2. The first kappa shape index (κ1) is 14.6. The van der Waals surface area contributed by atoms with Crippen LogP contribution in [0.1, 0.15) is 12.8 Å². The van der Waals surface area contributed by atoms with Gasteiger partial charge >= 0.3 is 5.69 Å². The zero-order valence-corrected chi connectivity index (χ0v) is 13.6. The van der Waals surface area contributed by atoms with Gasteiger partial charge in [0.15, 0.2) is 5.11 Å². The van der Waals surface area contributed by atoms with Crippen LogP contribution in [-0.4, -0.2) is 34.3 Å². The van der Waals surface area contributed by atoms with Crippen LogP contribution in [0.3, 0.4) is 0 Å². The number of H-pyrrole nitrogens is 2. The van der Waals surface area contributed by atoms with Gasteiger partial charge in [0.05, 0.1) is 22.8 Å². The smallest absolute Gasteiger partial charge is 0.323 e. The Bertz CT molecular complexity index is 721. The fraction of sp³-hybridized carbons (Fsp3) is 0.385. The average Bonchev–Trinajstić information content (AvgIpc) is 3.05. The summed E-state index contributed by atoms with van der Waals surface area (Å²) >= 11 is 8.74. The Morgan fingerprint density at radius 1 is 1.43 bits per heavy atom. The minimum atomic E-state index is -0.229. The van der Waals surface area contributed by atoms with E-state index in [-0.39, 0.29) is 11.8 Å². The molecule has 0 amide bonds. The van der Waals surface area contributed by atoms with Crippen molar-refractivity contribution in [2.24, 2.45) is 0 Å². The molecule has 2 aromatic rings. The third-order valence-electron chi connectivity index (χ3n) is 3.37. The number of anilines is 1. The van der Waals surface area contributed by atoms with Crippen molar-refractivity contribution in [3.63, 3.8) is 0 Å². The molecule has 4 N–H and O–H groups in total. The number of ether oxygens (including phenoxy) is 1. The molecule has 1 aliphatic rings. The number of halogens is 1. The summed E-state index contributed by atoms with van der Waals surface area (Å²) in [4.78, 5) is 16.7. The highest BCUT2D eigenvalue weighted by molar-refractivity contribution is 9.10. The second-order valence-corrected chi connectivity index (χ2v) is 6.19. The lowest BCUT2D eigenvalue weighted by molar-refractivity contribution is 0.114. The Morgan fingerprint density at radius 3 is 2.90 bits per heavy atom. The second kappa shape index (κ2) is 6.17. The summed E-state index contributed by atoms with van der Waals surface area (Å²) in [7, 11) is 0. The van der Waals surface area contributed by atoms with Gasteiger partial charge in [0, 0.05) is 17.6 Å². The fourth-order valence-electron chi connectivity index (χ4n) is 2.33. The van der Waals surface area contributed by atoms with E-state index in [0.717, 1.165) is 40.6 Å². The van der Waals surface area contributed by atoms with Crippen LogP contribution in [0.15, 0.2) is 21.4 Å². The van der Waals surface area contributed by atoms with Crippen molar-refractivity contribution >= 4 is 50.0 Å². The Hall–Kier alpha value is -1.38. The van der Waals surface area contributed by atoms with Crippen molar-refractivity contribution in [1.29, 1.82) is 0 Å². The summed E-state index contributed by atoms with van der Waals surface area (Å²) in [6.07, 6.45) is 2.41. The van der Waals surface area contributed by atoms with Crippen LogP contribution >= 0.6 is 28.1 Å². The number of benzene rings is 1. The molecule has 8 heteroatoms. The molecule has 21 heavy (non-hydrogen) atoms. The molecule has 2 heterocycles. The lowest BCUT2D eigenvalue weighted by atomic mass is 10.2. The van der Waals surface area contributed by atoms with E-state index in [0.29, 0.717) is 11.7 Å². The number of rotatable bonds is 3. The molecular formula is C13H15BrN4O2S. The molecule has 0 spiro atoms. The van der Waals surface area contributed by atoms with Crippen molar-refractivity contribution in [1.82, 2.24) is 15.3 Å². The van der Waals surface area contributed by atoms with E-state index >= 15 is 0 Å². The number of aromatic nitrogens is 2. The maximum Gasteiger partial charge on any atom is 0.323 e.